The number of nitrogens with zero attached hydrogens (tertiary/aromatic N) is 4. The van der Waals surface area contributed by atoms with Crippen LogP contribution in [0.3, 0.4) is 0 Å². The van der Waals surface area contributed by atoms with Crippen LogP contribution in [0.4, 0.5) is 11.4 Å². The summed E-state index contributed by atoms with van der Waals surface area (Å²) in [4.78, 5) is 48.0. The number of carbonyl (C=O) groups excluding carboxylic acids is 2. The molecule has 3 aliphatic rings. The summed E-state index contributed by atoms with van der Waals surface area (Å²) >= 11 is 0. The Balaban J connectivity index is 1.13. The SMILES string of the molecule is O=C(CCN1CCCC1)Nc1ccc(/C=C2\CCCn3c2nc2ccc(NC(=O)CCN4CCCC4)cc2c3=O)cc1. The van der Waals surface area contributed by atoms with E-state index in [-0.39, 0.29) is 17.4 Å². The average molecular weight is 569 g/mol. The Bertz CT molecular complexity index is 1530. The Morgan fingerprint density at radius 3 is 2.00 bits per heavy atom. The maximum atomic E-state index is 13.5. The molecule has 0 spiro atoms. The van der Waals surface area contributed by atoms with Crippen molar-refractivity contribution >= 4 is 45.7 Å². The lowest BCUT2D eigenvalue weighted by atomic mass is 10.0. The number of carbonyl (C=O) groups is 2. The van der Waals surface area contributed by atoms with Gasteiger partial charge in [0.15, 0.2) is 0 Å². The Labute approximate surface area is 246 Å². The summed E-state index contributed by atoms with van der Waals surface area (Å²) in [5, 5.41) is 6.48. The van der Waals surface area contributed by atoms with Gasteiger partial charge >= 0.3 is 0 Å². The Morgan fingerprint density at radius 2 is 1.36 bits per heavy atom. The normalized spacial score (nSPS) is 18.4. The standard InChI is InChI=1S/C33H40N6O3/c40-30(13-20-37-15-1-2-16-37)34-26-9-7-24(8-10-26)22-25-6-5-19-39-32(25)36-29-12-11-27(23-28(29)33(39)42)35-31(41)14-21-38-17-3-4-18-38/h7-12,22-23H,1-6,13-21H2,(H,34,40)(H,35,41)/b25-22+. The van der Waals surface area contributed by atoms with Crippen LogP contribution in [0.15, 0.2) is 47.3 Å². The van der Waals surface area contributed by atoms with Gasteiger partial charge in [0.25, 0.3) is 5.56 Å². The highest BCUT2D eigenvalue weighted by Crippen LogP contribution is 2.28. The van der Waals surface area contributed by atoms with Gasteiger partial charge in [0.05, 0.1) is 10.9 Å². The first-order chi connectivity index (χ1) is 20.5. The molecule has 3 aromatic rings. The zero-order valence-electron chi connectivity index (χ0n) is 24.2. The molecule has 2 amide bonds. The predicted octanol–water partition coefficient (Wildman–Crippen LogP) is 4.58. The lowest BCUT2D eigenvalue weighted by Gasteiger charge is -2.21. The van der Waals surface area contributed by atoms with Crippen molar-refractivity contribution in [2.24, 2.45) is 0 Å². The quantitative estimate of drug-likeness (QED) is 0.392. The van der Waals surface area contributed by atoms with E-state index in [1.165, 1.54) is 25.7 Å². The molecule has 0 aliphatic carbocycles. The van der Waals surface area contributed by atoms with Gasteiger partial charge in [0.2, 0.25) is 11.8 Å². The molecule has 0 saturated carbocycles. The minimum atomic E-state index is -0.0826. The van der Waals surface area contributed by atoms with E-state index >= 15 is 0 Å². The highest BCUT2D eigenvalue weighted by atomic mass is 16.2. The van der Waals surface area contributed by atoms with Crippen molar-refractivity contribution in [3.63, 3.8) is 0 Å². The first-order valence-corrected chi connectivity index (χ1v) is 15.4. The first kappa shape index (κ1) is 28.3. The van der Waals surface area contributed by atoms with Crippen LogP contribution in [0, 0.1) is 0 Å². The van der Waals surface area contributed by atoms with Crippen molar-refractivity contribution in [1.82, 2.24) is 19.4 Å². The lowest BCUT2D eigenvalue weighted by Crippen LogP contribution is -2.28. The number of fused-ring (bicyclic) bond motifs is 2. The first-order valence-electron chi connectivity index (χ1n) is 15.4. The van der Waals surface area contributed by atoms with E-state index in [0.29, 0.717) is 41.8 Å². The number of allylic oxidation sites excluding steroid dienone is 1. The summed E-state index contributed by atoms with van der Waals surface area (Å²) in [6.45, 7) is 6.51. The Hall–Kier alpha value is -3.82. The molecule has 1 aromatic heterocycles. The van der Waals surface area contributed by atoms with Gasteiger partial charge in [-0.3, -0.25) is 19.0 Å². The summed E-state index contributed by atoms with van der Waals surface area (Å²) in [5.41, 5.74) is 3.97. The van der Waals surface area contributed by atoms with Crippen molar-refractivity contribution in [3.05, 3.63) is 64.2 Å². The van der Waals surface area contributed by atoms with Crippen LogP contribution in [0.5, 0.6) is 0 Å². The number of hydrogen-bond acceptors (Lipinski definition) is 6. The molecule has 6 rings (SSSR count). The van der Waals surface area contributed by atoms with Crippen molar-refractivity contribution in [2.75, 3.05) is 49.9 Å². The minimum Gasteiger partial charge on any atom is -0.326 e. The van der Waals surface area contributed by atoms with Gasteiger partial charge in [-0.25, -0.2) is 4.98 Å². The van der Waals surface area contributed by atoms with Crippen molar-refractivity contribution in [2.45, 2.75) is 57.9 Å². The maximum Gasteiger partial charge on any atom is 0.261 e. The van der Waals surface area contributed by atoms with E-state index in [1.807, 2.05) is 36.4 Å². The Kier molecular flexibility index (Phi) is 8.76. The lowest BCUT2D eigenvalue weighted by molar-refractivity contribution is -0.117. The Morgan fingerprint density at radius 1 is 0.762 bits per heavy atom. The zero-order chi connectivity index (χ0) is 28.9. The smallest absolute Gasteiger partial charge is 0.261 e. The third-order valence-corrected chi connectivity index (χ3v) is 8.60. The third-order valence-electron chi connectivity index (χ3n) is 8.60. The van der Waals surface area contributed by atoms with Crippen molar-refractivity contribution in [3.8, 4) is 0 Å². The van der Waals surface area contributed by atoms with Gasteiger partial charge in [-0.1, -0.05) is 12.1 Å². The van der Waals surface area contributed by atoms with Gasteiger partial charge in [-0.05, 0) is 112 Å². The number of benzene rings is 2. The van der Waals surface area contributed by atoms with Gasteiger partial charge in [-0.15, -0.1) is 0 Å². The van der Waals surface area contributed by atoms with Crippen LogP contribution in [0.25, 0.3) is 22.6 Å². The van der Waals surface area contributed by atoms with Gasteiger partial charge in [0, 0.05) is 43.9 Å². The monoisotopic (exact) mass is 568 g/mol. The molecule has 0 atom stereocenters. The molecular formula is C33H40N6O3. The molecule has 2 N–H and O–H groups in total. The number of aromatic nitrogens is 2. The molecule has 0 unspecified atom stereocenters. The van der Waals surface area contributed by atoms with Crippen LogP contribution in [-0.4, -0.2) is 70.4 Å². The molecule has 2 fully saturated rings. The molecule has 9 nitrogen and oxygen atoms in total. The summed E-state index contributed by atoms with van der Waals surface area (Å²) in [7, 11) is 0. The second-order valence-electron chi connectivity index (χ2n) is 11.7. The second kappa shape index (κ2) is 13.0. The number of nitrogens with one attached hydrogen (secondary N) is 2. The fourth-order valence-corrected chi connectivity index (χ4v) is 6.27. The molecule has 2 aromatic carbocycles. The fraction of sp³-hybridized carbons (Fsp3) is 0.455. The van der Waals surface area contributed by atoms with E-state index in [9.17, 15) is 14.4 Å². The molecular weight excluding hydrogens is 528 g/mol. The van der Waals surface area contributed by atoms with E-state index in [4.69, 9.17) is 4.98 Å². The number of likely N-dealkylation sites (tertiary alicyclic amines) is 2. The molecule has 220 valence electrons. The van der Waals surface area contributed by atoms with Crippen molar-refractivity contribution < 1.29 is 9.59 Å². The van der Waals surface area contributed by atoms with Crippen LogP contribution >= 0.6 is 0 Å². The second-order valence-corrected chi connectivity index (χ2v) is 11.7. The van der Waals surface area contributed by atoms with Gasteiger partial charge in [0.1, 0.15) is 5.82 Å². The largest absolute Gasteiger partial charge is 0.326 e. The number of rotatable bonds is 9. The third kappa shape index (κ3) is 6.79. The topological polar surface area (TPSA) is 99.6 Å². The summed E-state index contributed by atoms with van der Waals surface area (Å²) in [5.74, 6) is 0.695. The fourth-order valence-electron chi connectivity index (χ4n) is 6.27. The summed E-state index contributed by atoms with van der Waals surface area (Å²) in [6.07, 6.45) is 9.57. The maximum absolute atomic E-state index is 13.5. The van der Waals surface area contributed by atoms with Crippen LogP contribution in [0.1, 0.15) is 62.8 Å². The molecule has 0 bridgehead atoms. The highest BCUT2D eigenvalue weighted by Gasteiger charge is 2.20. The van der Waals surface area contributed by atoms with E-state index < -0.39 is 0 Å². The van der Waals surface area contributed by atoms with E-state index in [1.54, 1.807) is 10.6 Å². The molecule has 4 heterocycles. The van der Waals surface area contributed by atoms with Gasteiger partial charge < -0.3 is 20.4 Å². The summed E-state index contributed by atoms with van der Waals surface area (Å²) < 4.78 is 1.76. The van der Waals surface area contributed by atoms with Crippen LogP contribution in [-0.2, 0) is 16.1 Å². The zero-order valence-corrected chi connectivity index (χ0v) is 24.2. The highest BCUT2D eigenvalue weighted by molar-refractivity contribution is 5.94. The molecule has 42 heavy (non-hydrogen) atoms. The molecule has 2 saturated heterocycles. The van der Waals surface area contributed by atoms with Gasteiger partial charge in [-0.2, -0.15) is 0 Å². The number of anilines is 2. The van der Waals surface area contributed by atoms with E-state index in [2.05, 4.69) is 26.5 Å². The average Bonchev–Trinajstić information content (AvgIpc) is 3.72. The summed E-state index contributed by atoms with van der Waals surface area (Å²) in [6, 6.07) is 13.2. The predicted molar refractivity (Wildman–Crippen MR) is 167 cm³/mol. The van der Waals surface area contributed by atoms with Crippen molar-refractivity contribution in [1.29, 1.82) is 0 Å². The number of hydrogen-bond donors (Lipinski definition) is 2. The molecule has 0 radical (unpaired) electrons. The van der Waals surface area contributed by atoms with Crippen LogP contribution < -0.4 is 16.2 Å². The number of amides is 2. The van der Waals surface area contributed by atoms with E-state index in [0.717, 1.165) is 68.9 Å². The minimum absolute atomic E-state index is 0.0365. The van der Waals surface area contributed by atoms with Crippen LogP contribution in [0.2, 0.25) is 0 Å². The molecule has 3 aliphatic heterocycles. The molecule has 9 heteroatoms.